The molecule has 0 amide bonds. The molecule has 4 N–H and O–H groups in total. The van der Waals surface area contributed by atoms with Crippen molar-refractivity contribution >= 4 is 28.6 Å². The topological polar surface area (TPSA) is 135 Å². The number of fused-ring (bicyclic) bond motifs is 3. The van der Waals surface area contributed by atoms with Gasteiger partial charge < -0.3 is 34.7 Å². The Labute approximate surface area is 212 Å². The highest BCUT2D eigenvalue weighted by Crippen LogP contribution is 2.36. The first kappa shape index (κ1) is 25.2. The van der Waals surface area contributed by atoms with E-state index < -0.39 is 42.1 Å². The molecule has 4 heterocycles. The van der Waals surface area contributed by atoms with Crippen LogP contribution in [0.4, 0.5) is 10.3 Å². The fourth-order valence-electron chi connectivity index (χ4n) is 4.89. The lowest BCUT2D eigenvalue weighted by atomic mass is 9.97. The summed E-state index contributed by atoms with van der Waals surface area (Å²) in [6, 6.07) is 2.45. The van der Waals surface area contributed by atoms with Crippen LogP contribution in [-0.2, 0) is 15.1 Å². The van der Waals surface area contributed by atoms with Crippen LogP contribution in [-0.4, -0.2) is 72.1 Å². The van der Waals surface area contributed by atoms with Crippen LogP contribution in [0.2, 0.25) is 5.02 Å². The summed E-state index contributed by atoms with van der Waals surface area (Å²) in [5, 5.41) is 34.1. The Morgan fingerprint density at radius 2 is 2.03 bits per heavy atom. The van der Waals surface area contributed by atoms with Crippen molar-refractivity contribution in [3.05, 3.63) is 35.0 Å². The van der Waals surface area contributed by atoms with Crippen LogP contribution < -0.4 is 5.32 Å². The summed E-state index contributed by atoms with van der Waals surface area (Å²) in [7, 11) is 0. The van der Waals surface area contributed by atoms with E-state index >= 15 is 4.39 Å². The maximum atomic E-state index is 15.3. The molecular formula is C24H29ClFN5O5. The molecule has 12 heteroatoms. The highest BCUT2D eigenvalue weighted by molar-refractivity contribution is 6.33. The van der Waals surface area contributed by atoms with Crippen LogP contribution in [0, 0.1) is 5.82 Å². The third-order valence-corrected chi connectivity index (χ3v) is 6.80. The molecule has 1 aromatic carbocycles. The molecular weight excluding hydrogens is 493 g/mol. The maximum absolute atomic E-state index is 15.3. The lowest BCUT2D eigenvalue weighted by Crippen LogP contribution is -2.50. The van der Waals surface area contributed by atoms with Gasteiger partial charge in [-0.15, -0.1) is 0 Å². The number of halogens is 2. The van der Waals surface area contributed by atoms with Crippen molar-refractivity contribution < 1.29 is 29.2 Å². The Morgan fingerprint density at radius 1 is 1.28 bits per heavy atom. The number of aliphatic hydroxyl groups excluding tert-OH is 2. The van der Waals surface area contributed by atoms with Gasteiger partial charge in [0.05, 0.1) is 35.1 Å². The molecule has 0 spiro atoms. The second-order valence-corrected chi connectivity index (χ2v) is 10.4. The van der Waals surface area contributed by atoms with Crippen LogP contribution in [0.5, 0.6) is 0 Å². The third-order valence-electron chi connectivity index (χ3n) is 6.52. The van der Waals surface area contributed by atoms with E-state index in [4.69, 9.17) is 21.1 Å². The molecule has 2 fully saturated rings. The van der Waals surface area contributed by atoms with Gasteiger partial charge in [-0.2, -0.15) is 0 Å². The number of nitrogens with one attached hydrogen (secondary N) is 1. The number of rotatable bonds is 6. The normalized spacial score (nSPS) is 26.2. The fourth-order valence-corrected chi connectivity index (χ4v) is 5.09. The van der Waals surface area contributed by atoms with E-state index in [-0.39, 0.29) is 29.1 Å². The highest BCUT2D eigenvalue weighted by atomic mass is 35.5. The molecule has 5 atom stereocenters. The average molecular weight is 522 g/mol. The van der Waals surface area contributed by atoms with Crippen LogP contribution in [0.25, 0.3) is 22.3 Å². The van der Waals surface area contributed by atoms with Gasteiger partial charge >= 0.3 is 0 Å². The highest BCUT2D eigenvalue weighted by Gasteiger charge is 2.49. The molecule has 10 nitrogen and oxygen atoms in total. The molecule has 3 aromatic rings. The smallest absolute Gasteiger partial charge is 0.223 e. The van der Waals surface area contributed by atoms with Crippen LogP contribution in [0.3, 0.4) is 0 Å². The number of imidazole rings is 1. The lowest BCUT2D eigenvalue weighted by Gasteiger charge is -2.33. The minimum atomic E-state index is -1.28. The lowest BCUT2D eigenvalue weighted by molar-refractivity contribution is -0.124. The molecule has 0 aliphatic carbocycles. The van der Waals surface area contributed by atoms with E-state index in [1.165, 1.54) is 12.3 Å². The number of aliphatic hydroxyl groups is 3. The third kappa shape index (κ3) is 4.33. The summed E-state index contributed by atoms with van der Waals surface area (Å²) in [6.07, 6.45) is -1.06. The molecule has 2 aromatic heterocycles. The monoisotopic (exact) mass is 521 g/mol. The molecule has 5 rings (SSSR count). The molecule has 1 unspecified atom stereocenters. The van der Waals surface area contributed by atoms with Gasteiger partial charge in [-0.25, -0.2) is 19.3 Å². The van der Waals surface area contributed by atoms with Gasteiger partial charge in [0, 0.05) is 18.0 Å². The zero-order valence-electron chi connectivity index (χ0n) is 20.3. The summed E-state index contributed by atoms with van der Waals surface area (Å²) in [5.74, 6) is -0.0261. The van der Waals surface area contributed by atoms with E-state index in [0.717, 1.165) is 0 Å². The van der Waals surface area contributed by atoms with Crippen molar-refractivity contribution in [2.24, 2.45) is 0 Å². The molecule has 0 radical (unpaired) electrons. The number of nitrogens with zero attached hydrogens (tertiary/aromatic N) is 4. The van der Waals surface area contributed by atoms with E-state index in [2.05, 4.69) is 20.3 Å². The van der Waals surface area contributed by atoms with Gasteiger partial charge in [-0.05, 0) is 39.8 Å². The number of ether oxygens (including phenoxy) is 2. The Kier molecular flexibility index (Phi) is 6.42. The van der Waals surface area contributed by atoms with Gasteiger partial charge in [-0.1, -0.05) is 11.6 Å². The van der Waals surface area contributed by atoms with Crippen molar-refractivity contribution in [1.82, 2.24) is 19.5 Å². The summed E-state index contributed by atoms with van der Waals surface area (Å²) in [6.45, 7) is 6.81. The van der Waals surface area contributed by atoms with E-state index in [1.54, 1.807) is 24.5 Å². The molecule has 2 saturated heterocycles. The Hall–Kier alpha value is -2.41. The Bertz CT molecular complexity index is 1290. The molecule has 36 heavy (non-hydrogen) atoms. The largest absolute Gasteiger partial charge is 0.394 e. The zero-order valence-corrected chi connectivity index (χ0v) is 21.1. The summed E-state index contributed by atoms with van der Waals surface area (Å²) >= 11 is 6.43. The van der Waals surface area contributed by atoms with E-state index in [1.807, 2.05) is 13.8 Å². The summed E-state index contributed by atoms with van der Waals surface area (Å²) in [5.41, 5.74) is 0.0841. The summed E-state index contributed by atoms with van der Waals surface area (Å²) < 4.78 is 28.2. The first-order valence-electron chi connectivity index (χ1n) is 11.8. The van der Waals surface area contributed by atoms with Crippen molar-refractivity contribution in [2.75, 3.05) is 11.9 Å². The van der Waals surface area contributed by atoms with Crippen molar-refractivity contribution in [3.8, 4) is 11.3 Å². The molecule has 194 valence electrons. The minimum Gasteiger partial charge on any atom is -0.394 e. The first-order valence-corrected chi connectivity index (χ1v) is 12.2. The van der Waals surface area contributed by atoms with Gasteiger partial charge in [0.1, 0.15) is 35.3 Å². The number of anilines is 1. The number of hydrogen-bond acceptors (Lipinski definition) is 9. The van der Waals surface area contributed by atoms with Crippen LogP contribution in [0.15, 0.2) is 18.3 Å². The number of hydrogen-bond donors (Lipinski definition) is 4. The predicted octanol–water partition coefficient (Wildman–Crippen LogP) is 2.74. The van der Waals surface area contributed by atoms with E-state index in [0.29, 0.717) is 29.0 Å². The minimum absolute atomic E-state index is 0.0977. The Balaban J connectivity index is 1.52. The number of aromatic nitrogens is 4. The first-order chi connectivity index (χ1) is 17.0. The molecule has 2 bridgehead atoms. The van der Waals surface area contributed by atoms with Crippen molar-refractivity contribution in [3.63, 3.8) is 0 Å². The average Bonchev–Trinajstić information content (AvgIpc) is 3.38. The Morgan fingerprint density at radius 3 is 2.69 bits per heavy atom. The van der Waals surface area contributed by atoms with Gasteiger partial charge in [0.25, 0.3) is 0 Å². The van der Waals surface area contributed by atoms with Gasteiger partial charge in [-0.3, -0.25) is 0 Å². The zero-order chi connectivity index (χ0) is 25.9. The quantitative estimate of drug-likeness (QED) is 0.386. The molecule has 2 aliphatic heterocycles. The standard InChI is InChI=1S/C24H29ClFN5O5/c1-10(2)31-15-6-11(5-13(26)19(15)29-22(31)24(3,4)34)18-12(25)8-27-23(30-18)28-14-7-17-35-16(9-32)21(36-17)20(14)33/h5-6,8,10,14,16-17,20-21,32-34H,7,9H2,1-4H3,(H,27,28,30)/t14?,16-,17-,20-,21-/m0/s1. The second kappa shape index (κ2) is 9.16. The van der Waals surface area contributed by atoms with Crippen LogP contribution in [0.1, 0.15) is 46.0 Å². The maximum Gasteiger partial charge on any atom is 0.223 e. The second-order valence-electron chi connectivity index (χ2n) is 10.0. The van der Waals surface area contributed by atoms with Crippen LogP contribution >= 0.6 is 11.6 Å². The SMILES string of the molecule is CC(C)n1c(C(C)(C)O)nc2c(F)cc(-c3nc(NC4C[C@@H]5O[C@@H]([C@H](CO)O5)[C@H]4O)ncc3Cl)cc21. The van der Waals surface area contributed by atoms with Crippen molar-refractivity contribution in [2.45, 2.75) is 76.4 Å². The predicted molar refractivity (Wildman–Crippen MR) is 130 cm³/mol. The summed E-state index contributed by atoms with van der Waals surface area (Å²) in [4.78, 5) is 13.1. The fraction of sp³-hybridized carbons (Fsp3) is 0.542. The number of benzene rings is 1. The van der Waals surface area contributed by atoms with Gasteiger partial charge in [0.2, 0.25) is 5.95 Å². The molecule has 0 saturated carbocycles. The van der Waals surface area contributed by atoms with Crippen molar-refractivity contribution in [1.29, 1.82) is 0 Å². The molecule has 2 aliphatic rings. The van der Waals surface area contributed by atoms with Gasteiger partial charge in [0.15, 0.2) is 12.1 Å². The van der Waals surface area contributed by atoms with E-state index in [9.17, 15) is 15.3 Å².